The van der Waals surface area contributed by atoms with Crippen LogP contribution in [0.25, 0.3) is 0 Å². The highest BCUT2D eigenvalue weighted by Gasteiger charge is 2.57. The molecule has 3 atom stereocenters. The molecular formula is C11H18N4O3. The van der Waals surface area contributed by atoms with Crippen LogP contribution in [0.3, 0.4) is 0 Å². The molecule has 3 rings (SSSR count). The summed E-state index contributed by atoms with van der Waals surface area (Å²) in [4.78, 5) is 31.1. The van der Waals surface area contributed by atoms with Crippen molar-refractivity contribution >= 4 is 12.1 Å². The Balaban J connectivity index is 1.91. The summed E-state index contributed by atoms with van der Waals surface area (Å²) >= 11 is 0. The van der Waals surface area contributed by atoms with Crippen LogP contribution in [0.1, 0.15) is 6.92 Å². The molecular weight excluding hydrogens is 236 g/mol. The van der Waals surface area contributed by atoms with Crippen molar-refractivity contribution < 1.29 is 14.3 Å². The lowest BCUT2D eigenvalue weighted by atomic mass is 10.3. The molecule has 0 unspecified atom stereocenters. The van der Waals surface area contributed by atoms with Crippen molar-refractivity contribution in [3.05, 3.63) is 0 Å². The molecule has 0 saturated carbocycles. The highest BCUT2D eigenvalue weighted by Crippen LogP contribution is 2.33. The average Bonchev–Trinajstić information content (AvgIpc) is 3.09. The number of carbonyl (C=O) groups excluding carboxylic acids is 2. The molecule has 0 aliphatic carbocycles. The third-order valence-corrected chi connectivity index (χ3v) is 3.94. The number of epoxide rings is 1. The fraction of sp³-hybridized carbons (Fsp3) is 0.818. The average molecular weight is 254 g/mol. The zero-order chi connectivity index (χ0) is 13.0. The predicted molar refractivity (Wildman–Crippen MR) is 62.7 cm³/mol. The lowest BCUT2D eigenvalue weighted by molar-refractivity contribution is 0.138. The van der Waals surface area contributed by atoms with Gasteiger partial charge in [-0.1, -0.05) is 0 Å². The van der Waals surface area contributed by atoms with E-state index in [1.54, 1.807) is 33.7 Å². The number of nitrogens with zero attached hydrogens (tertiary/aromatic N) is 4. The van der Waals surface area contributed by atoms with Gasteiger partial charge in [-0.25, -0.2) is 9.59 Å². The normalized spacial score (nSPS) is 34.7. The topological polar surface area (TPSA) is 59.6 Å². The Bertz CT molecular complexity index is 398. The van der Waals surface area contributed by atoms with Gasteiger partial charge in [0.25, 0.3) is 0 Å². The minimum absolute atomic E-state index is 0.00537. The highest BCUT2D eigenvalue weighted by molar-refractivity contribution is 5.84. The van der Waals surface area contributed by atoms with Crippen LogP contribution in [-0.4, -0.2) is 83.9 Å². The van der Waals surface area contributed by atoms with Gasteiger partial charge in [-0.05, 0) is 6.92 Å². The third kappa shape index (κ3) is 1.40. The summed E-state index contributed by atoms with van der Waals surface area (Å²) in [6.07, 6.45) is -0.237. The lowest BCUT2D eigenvalue weighted by Crippen LogP contribution is -2.46. The van der Waals surface area contributed by atoms with E-state index in [-0.39, 0.29) is 30.5 Å². The van der Waals surface area contributed by atoms with Crippen LogP contribution < -0.4 is 0 Å². The van der Waals surface area contributed by atoms with E-state index in [1.165, 1.54) is 0 Å². The van der Waals surface area contributed by atoms with Crippen LogP contribution in [0.5, 0.6) is 0 Å². The second-order valence-electron chi connectivity index (χ2n) is 5.01. The fourth-order valence-electron chi connectivity index (χ4n) is 2.91. The van der Waals surface area contributed by atoms with E-state index in [0.29, 0.717) is 19.7 Å². The van der Waals surface area contributed by atoms with Crippen LogP contribution in [0, 0.1) is 0 Å². The monoisotopic (exact) mass is 254 g/mol. The maximum Gasteiger partial charge on any atom is 0.323 e. The maximum absolute atomic E-state index is 12.3. The van der Waals surface area contributed by atoms with E-state index in [2.05, 4.69) is 0 Å². The first-order chi connectivity index (χ1) is 8.56. The van der Waals surface area contributed by atoms with Gasteiger partial charge in [0.15, 0.2) is 0 Å². The van der Waals surface area contributed by atoms with Crippen LogP contribution >= 0.6 is 0 Å². The van der Waals surface area contributed by atoms with Crippen LogP contribution in [0.2, 0.25) is 0 Å². The van der Waals surface area contributed by atoms with Crippen LogP contribution in [0.15, 0.2) is 0 Å². The molecule has 3 saturated heterocycles. The summed E-state index contributed by atoms with van der Waals surface area (Å²) in [7, 11) is 3.49. The van der Waals surface area contributed by atoms with Gasteiger partial charge in [0.2, 0.25) is 0 Å². The van der Waals surface area contributed by atoms with Crippen molar-refractivity contribution in [3.63, 3.8) is 0 Å². The SMILES string of the molecule is CCN1C(=O)N(C[C@@H]2CO2)[C@@H]2[C@H]1N(C)C(=O)N2C. The molecule has 3 fully saturated rings. The van der Waals surface area contributed by atoms with Gasteiger partial charge in [0, 0.05) is 20.6 Å². The number of likely N-dealkylation sites (N-methyl/N-ethyl adjacent to an activating group) is 3. The van der Waals surface area contributed by atoms with Crippen molar-refractivity contribution in [2.75, 3.05) is 33.8 Å². The van der Waals surface area contributed by atoms with E-state index < -0.39 is 0 Å². The molecule has 3 aliphatic heterocycles. The van der Waals surface area contributed by atoms with Crippen molar-refractivity contribution in [2.24, 2.45) is 0 Å². The first kappa shape index (κ1) is 11.6. The second kappa shape index (κ2) is 3.74. The Labute approximate surface area is 106 Å². The molecule has 0 aromatic rings. The number of hydrogen-bond acceptors (Lipinski definition) is 3. The Morgan fingerprint density at radius 3 is 2.17 bits per heavy atom. The predicted octanol–water partition coefficient (Wildman–Crippen LogP) is -0.208. The number of urea groups is 2. The number of fused-ring (bicyclic) bond motifs is 1. The molecule has 0 aromatic carbocycles. The Morgan fingerprint density at radius 2 is 1.67 bits per heavy atom. The molecule has 7 nitrogen and oxygen atoms in total. The minimum Gasteiger partial charge on any atom is -0.371 e. The van der Waals surface area contributed by atoms with Crippen LogP contribution in [0.4, 0.5) is 9.59 Å². The molecule has 100 valence electrons. The van der Waals surface area contributed by atoms with Gasteiger partial charge in [-0.2, -0.15) is 0 Å². The molecule has 4 amide bonds. The first-order valence-electron chi connectivity index (χ1n) is 6.24. The number of rotatable bonds is 3. The Morgan fingerprint density at radius 1 is 1.11 bits per heavy atom. The highest BCUT2D eigenvalue weighted by atomic mass is 16.6. The van der Waals surface area contributed by atoms with Crippen molar-refractivity contribution in [2.45, 2.75) is 25.4 Å². The van der Waals surface area contributed by atoms with Gasteiger partial charge in [0.05, 0.1) is 19.3 Å². The molecule has 0 radical (unpaired) electrons. The van der Waals surface area contributed by atoms with Gasteiger partial charge in [-0.3, -0.25) is 4.90 Å². The van der Waals surface area contributed by atoms with E-state index in [9.17, 15) is 9.59 Å². The quantitative estimate of drug-likeness (QED) is 0.655. The van der Waals surface area contributed by atoms with E-state index in [4.69, 9.17) is 4.74 Å². The zero-order valence-electron chi connectivity index (χ0n) is 10.9. The number of amides is 4. The summed E-state index contributed by atoms with van der Waals surface area (Å²) in [6, 6.07) is -0.0492. The Hall–Kier alpha value is -1.50. The standard InChI is InChI=1S/C11H18N4O3/c1-4-14-8-9(13(3)10(16)12(8)2)15(11(14)17)5-7-6-18-7/h7-9H,4-6H2,1-3H3/t7-,8+,9-/m1/s1. The first-order valence-corrected chi connectivity index (χ1v) is 6.24. The molecule has 18 heavy (non-hydrogen) atoms. The van der Waals surface area contributed by atoms with Crippen molar-refractivity contribution in [3.8, 4) is 0 Å². The van der Waals surface area contributed by atoms with E-state index in [1.807, 2.05) is 6.92 Å². The summed E-state index contributed by atoms with van der Waals surface area (Å²) < 4.78 is 5.20. The largest absolute Gasteiger partial charge is 0.371 e. The third-order valence-electron chi connectivity index (χ3n) is 3.94. The molecule has 0 bridgehead atoms. The number of hydrogen-bond donors (Lipinski definition) is 0. The van der Waals surface area contributed by atoms with Crippen LogP contribution in [-0.2, 0) is 4.74 Å². The Kier molecular flexibility index (Phi) is 2.41. The summed E-state index contributed by atoms with van der Waals surface area (Å²) in [6.45, 7) is 3.82. The molecule has 3 aliphatic rings. The summed E-state index contributed by atoms with van der Waals surface area (Å²) in [5.41, 5.74) is 0. The molecule has 3 heterocycles. The zero-order valence-corrected chi connectivity index (χ0v) is 10.9. The van der Waals surface area contributed by atoms with Gasteiger partial charge >= 0.3 is 12.1 Å². The summed E-state index contributed by atoms with van der Waals surface area (Å²) in [5.74, 6) is 0. The number of carbonyl (C=O) groups is 2. The molecule has 7 heteroatoms. The van der Waals surface area contributed by atoms with E-state index >= 15 is 0 Å². The van der Waals surface area contributed by atoms with Gasteiger partial charge in [-0.15, -0.1) is 0 Å². The molecule has 0 aromatic heterocycles. The fourth-order valence-corrected chi connectivity index (χ4v) is 2.91. The van der Waals surface area contributed by atoms with Gasteiger partial charge < -0.3 is 19.4 Å². The smallest absolute Gasteiger partial charge is 0.323 e. The molecule has 0 N–H and O–H groups in total. The maximum atomic E-state index is 12.3. The lowest BCUT2D eigenvalue weighted by Gasteiger charge is -2.26. The van der Waals surface area contributed by atoms with E-state index in [0.717, 1.165) is 0 Å². The molecule has 0 spiro atoms. The minimum atomic E-state index is -0.195. The van der Waals surface area contributed by atoms with Crippen molar-refractivity contribution in [1.82, 2.24) is 19.6 Å². The summed E-state index contributed by atoms with van der Waals surface area (Å²) in [5, 5.41) is 0. The number of ether oxygens (including phenoxy) is 1. The second-order valence-corrected chi connectivity index (χ2v) is 5.01. The van der Waals surface area contributed by atoms with Crippen molar-refractivity contribution in [1.29, 1.82) is 0 Å². The van der Waals surface area contributed by atoms with Gasteiger partial charge in [0.1, 0.15) is 12.3 Å².